The van der Waals surface area contributed by atoms with Crippen LogP contribution in [0.4, 0.5) is 5.82 Å². The lowest BCUT2D eigenvalue weighted by Crippen LogP contribution is -2.34. The van der Waals surface area contributed by atoms with Crippen LogP contribution in [0.5, 0.6) is 0 Å². The standard InChI is InChI=1S/C22H28N8O2/c1-4-15(7-8-32-3)13(2)27-21-19(17(25)10-24)22(31)29-20(28-21)16-5-6-18(16)30-12-14(9-23)11-26-30/h11-13,15-16,18,25H,4-8H2,1-3H3,(H2,27,28,29,31). The predicted octanol–water partition coefficient (Wildman–Crippen LogP) is 2.71. The van der Waals surface area contributed by atoms with Gasteiger partial charge in [-0.25, -0.2) is 4.98 Å². The molecule has 10 nitrogen and oxygen atoms in total. The molecule has 0 radical (unpaired) electrons. The molecule has 10 heteroatoms. The molecule has 1 aliphatic carbocycles. The van der Waals surface area contributed by atoms with Gasteiger partial charge in [-0.1, -0.05) is 13.3 Å². The van der Waals surface area contributed by atoms with Crippen molar-refractivity contribution in [3.05, 3.63) is 39.7 Å². The second-order valence-corrected chi connectivity index (χ2v) is 8.12. The molecule has 2 aromatic heterocycles. The topological polar surface area (TPSA) is 156 Å². The van der Waals surface area contributed by atoms with Gasteiger partial charge in [-0.05, 0) is 32.1 Å². The molecule has 4 unspecified atom stereocenters. The van der Waals surface area contributed by atoms with Crippen molar-refractivity contribution in [3.8, 4) is 12.1 Å². The van der Waals surface area contributed by atoms with Crippen molar-refractivity contribution in [2.24, 2.45) is 5.92 Å². The van der Waals surface area contributed by atoms with Gasteiger partial charge in [-0.2, -0.15) is 15.6 Å². The highest BCUT2D eigenvalue weighted by Crippen LogP contribution is 2.44. The van der Waals surface area contributed by atoms with E-state index in [0.29, 0.717) is 18.0 Å². The number of aromatic nitrogens is 4. The number of nitriles is 2. The first-order valence-electron chi connectivity index (χ1n) is 10.8. The lowest BCUT2D eigenvalue weighted by Gasteiger charge is -2.36. The van der Waals surface area contributed by atoms with E-state index in [4.69, 9.17) is 15.4 Å². The zero-order valence-electron chi connectivity index (χ0n) is 18.6. The molecule has 2 heterocycles. The SMILES string of the molecule is CCC(CCOC)C(C)Nc1nc(C2CCC2n2cc(C#N)cn2)[nH]c(=O)c1C(=N)C#N. The lowest BCUT2D eigenvalue weighted by molar-refractivity contribution is 0.172. The maximum Gasteiger partial charge on any atom is 0.263 e. The van der Waals surface area contributed by atoms with E-state index in [-0.39, 0.29) is 35.3 Å². The van der Waals surface area contributed by atoms with Crippen LogP contribution in [-0.4, -0.2) is 45.2 Å². The molecular weight excluding hydrogens is 408 g/mol. The maximum atomic E-state index is 12.9. The van der Waals surface area contributed by atoms with E-state index >= 15 is 0 Å². The first-order chi connectivity index (χ1) is 15.4. The fraction of sp³-hybridized carbons (Fsp3) is 0.545. The molecule has 0 spiro atoms. The Morgan fingerprint density at radius 1 is 1.47 bits per heavy atom. The molecule has 1 saturated carbocycles. The summed E-state index contributed by atoms with van der Waals surface area (Å²) in [6.45, 7) is 4.72. The number of ether oxygens (including phenoxy) is 1. The van der Waals surface area contributed by atoms with E-state index in [1.54, 1.807) is 24.1 Å². The summed E-state index contributed by atoms with van der Waals surface area (Å²) < 4.78 is 6.95. The van der Waals surface area contributed by atoms with Crippen molar-refractivity contribution in [3.63, 3.8) is 0 Å². The summed E-state index contributed by atoms with van der Waals surface area (Å²) in [6.07, 6.45) is 6.62. The Morgan fingerprint density at radius 2 is 2.25 bits per heavy atom. The van der Waals surface area contributed by atoms with E-state index in [0.717, 1.165) is 25.7 Å². The van der Waals surface area contributed by atoms with Crippen molar-refractivity contribution in [2.75, 3.05) is 19.0 Å². The quantitative estimate of drug-likeness (QED) is 0.483. The molecule has 3 N–H and O–H groups in total. The van der Waals surface area contributed by atoms with Gasteiger partial charge in [-0.15, -0.1) is 0 Å². The van der Waals surface area contributed by atoms with E-state index in [1.165, 1.54) is 6.20 Å². The molecule has 0 aromatic carbocycles. The zero-order chi connectivity index (χ0) is 23.3. The van der Waals surface area contributed by atoms with Crippen LogP contribution in [0.15, 0.2) is 17.2 Å². The van der Waals surface area contributed by atoms with Crippen LogP contribution >= 0.6 is 0 Å². The van der Waals surface area contributed by atoms with Gasteiger partial charge < -0.3 is 15.0 Å². The fourth-order valence-electron chi connectivity index (χ4n) is 4.16. The molecule has 1 fully saturated rings. The Balaban J connectivity index is 1.93. The average Bonchev–Trinajstić information content (AvgIpc) is 3.21. The Morgan fingerprint density at radius 3 is 2.81 bits per heavy atom. The number of rotatable bonds is 10. The fourth-order valence-corrected chi connectivity index (χ4v) is 4.16. The molecule has 32 heavy (non-hydrogen) atoms. The first-order valence-corrected chi connectivity index (χ1v) is 10.8. The van der Waals surface area contributed by atoms with Crippen LogP contribution in [0.2, 0.25) is 0 Å². The number of nitrogens with one attached hydrogen (secondary N) is 3. The second kappa shape index (κ2) is 10.2. The highest BCUT2D eigenvalue weighted by Gasteiger charge is 2.37. The molecule has 4 atom stereocenters. The van der Waals surface area contributed by atoms with Crippen LogP contribution in [0.1, 0.15) is 68.4 Å². The Bertz CT molecular complexity index is 1110. The van der Waals surface area contributed by atoms with Gasteiger partial charge in [0.25, 0.3) is 5.56 Å². The number of anilines is 1. The maximum absolute atomic E-state index is 12.9. The van der Waals surface area contributed by atoms with Gasteiger partial charge in [0.1, 0.15) is 35.1 Å². The number of nitrogens with zero attached hydrogens (tertiary/aromatic N) is 5. The number of aromatic amines is 1. The molecule has 0 aliphatic heterocycles. The first kappa shape index (κ1) is 23.2. The Hall–Kier alpha value is -3.50. The van der Waals surface area contributed by atoms with Crippen LogP contribution in [0, 0.1) is 34.0 Å². The van der Waals surface area contributed by atoms with Gasteiger partial charge in [0.15, 0.2) is 0 Å². The smallest absolute Gasteiger partial charge is 0.263 e. The van der Waals surface area contributed by atoms with Gasteiger partial charge >= 0.3 is 0 Å². The average molecular weight is 437 g/mol. The van der Waals surface area contributed by atoms with E-state index in [2.05, 4.69) is 33.4 Å². The lowest BCUT2D eigenvalue weighted by atomic mass is 9.79. The van der Waals surface area contributed by atoms with Crippen molar-refractivity contribution < 1.29 is 4.74 Å². The molecule has 0 saturated heterocycles. The van der Waals surface area contributed by atoms with E-state index < -0.39 is 11.3 Å². The molecule has 2 aromatic rings. The van der Waals surface area contributed by atoms with Crippen molar-refractivity contribution in [1.82, 2.24) is 19.7 Å². The summed E-state index contributed by atoms with van der Waals surface area (Å²) in [5.74, 6) is 0.941. The molecule has 3 rings (SSSR count). The molecule has 1 aliphatic rings. The van der Waals surface area contributed by atoms with E-state index in [9.17, 15) is 10.1 Å². The van der Waals surface area contributed by atoms with Gasteiger partial charge in [0.2, 0.25) is 0 Å². The molecular formula is C22H28N8O2. The van der Waals surface area contributed by atoms with Crippen molar-refractivity contribution in [1.29, 1.82) is 15.9 Å². The summed E-state index contributed by atoms with van der Waals surface area (Å²) in [5.41, 5.74) is -0.509. The number of hydrogen-bond acceptors (Lipinski definition) is 8. The monoisotopic (exact) mass is 436 g/mol. The summed E-state index contributed by atoms with van der Waals surface area (Å²) in [6, 6.07) is 3.77. The summed E-state index contributed by atoms with van der Waals surface area (Å²) in [5, 5.41) is 33.9. The van der Waals surface area contributed by atoms with Crippen LogP contribution < -0.4 is 10.9 Å². The van der Waals surface area contributed by atoms with Crippen molar-refractivity contribution in [2.45, 2.75) is 57.5 Å². The third-order valence-electron chi connectivity index (χ3n) is 6.25. The number of methoxy groups -OCH3 is 1. The summed E-state index contributed by atoms with van der Waals surface area (Å²) in [4.78, 5) is 20.3. The van der Waals surface area contributed by atoms with Crippen molar-refractivity contribution >= 4 is 11.5 Å². The Kier molecular flexibility index (Phi) is 7.39. The molecule has 0 bridgehead atoms. The highest BCUT2D eigenvalue weighted by atomic mass is 16.5. The zero-order valence-corrected chi connectivity index (χ0v) is 18.6. The van der Waals surface area contributed by atoms with Crippen LogP contribution in [0.25, 0.3) is 0 Å². The van der Waals surface area contributed by atoms with Crippen LogP contribution in [0.3, 0.4) is 0 Å². The van der Waals surface area contributed by atoms with Crippen LogP contribution in [-0.2, 0) is 4.74 Å². The molecule has 168 valence electrons. The summed E-state index contributed by atoms with van der Waals surface area (Å²) in [7, 11) is 1.66. The third kappa shape index (κ3) is 4.71. The minimum absolute atomic E-state index is 0.0168. The Labute approximate surface area is 186 Å². The minimum atomic E-state index is -0.509. The predicted molar refractivity (Wildman–Crippen MR) is 119 cm³/mol. The third-order valence-corrected chi connectivity index (χ3v) is 6.25. The number of hydrogen-bond donors (Lipinski definition) is 3. The second-order valence-electron chi connectivity index (χ2n) is 8.12. The highest BCUT2D eigenvalue weighted by molar-refractivity contribution is 6.12. The largest absolute Gasteiger partial charge is 0.385 e. The minimum Gasteiger partial charge on any atom is -0.385 e. The summed E-state index contributed by atoms with van der Waals surface area (Å²) >= 11 is 0. The van der Waals surface area contributed by atoms with Gasteiger partial charge in [0.05, 0.1) is 17.8 Å². The molecule has 0 amide bonds. The van der Waals surface area contributed by atoms with Gasteiger partial charge in [0, 0.05) is 31.9 Å². The normalized spacial score (nSPS) is 19.3. The number of H-pyrrole nitrogens is 1. The van der Waals surface area contributed by atoms with E-state index in [1.807, 2.05) is 6.92 Å². The van der Waals surface area contributed by atoms with Gasteiger partial charge in [-0.3, -0.25) is 14.9 Å².